The highest BCUT2D eigenvalue weighted by Crippen LogP contribution is 1.95. The van der Waals surface area contributed by atoms with Crippen molar-refractivity contribution in [2.45, 2.75) is 20.3 Å². The number of carbonyl (C=O) groups is 2. The molecule has 4 nitrogen and oxygen atoms in total. The minimum Gasteiger partial charge on any atom is -0.365 e. The predicted octanol–water partition coefficient (Wildman–Crippen LogP) is -0.675. The van der Waals surface area contributed by atoms with Crippen LogP contribution in [0.5, 0.6) is 0 Å². The van der Waals surface area contributed by atoms with E-state index in [2.05, 4.69) is 19.2 Å². The molecule has 0 aromatic heterocycles. The minimum atomic E-state index is -0.160. The Balaban J connectivity index is 3.33. The van der Waals surface area contributed by atoms with Crippen molar-refractivity contribution in [2.24, 2.45) is 5.92 Å². The molecule has 0 spiro atoms. The van der Waals surface area contributed by atoms with Crippen LogP contribution in [0.2, 0.25) is 0 Å². The van der Waals surface area contributed by atoms with Crippen molar-refractivity contribution in [2.75, 3.05) is 19.8 Å². The Labute approximate surface area is 85.8 Å². The molecule has 0 atom stereocenters. The summed E-state index contributed by atoms with van der Waals surface area (Å²) < 4.78 is 4.85. The van der Waals surface area contributed by atoms with Gasteiger partial charge in [0.05, 0.1) is 6.61 Å². The largest absolute Gasteiger partial charge is 0.365 e. The van der Waals surface area contributed by atoms with E-state index in [0.29, 0.717) is 12.5 Å². The van der Waals surface area contributed by atoms with Gasteiger partial charge in [-0.3, -0.25) is 4.79 Å². The fourth-order valence-corrected chi connectivity index (χ4v) is 0.839. The van der Waals surface area contributed by atoms with E-state index >= 15 is 0 Å². The SMILES string of the molecule is BC(=O)COCC(=O)NCCC(C)C. The van der Waals surface area contributed by atoms with E-state index in [0.717, 1.165) is 6.42 Å². The van der Waals surface area contributed by atoms with E-state index in [1.807, 2.05) is 0 Å². The third-order valence-electron chi connectivity index (χ3n) is 1.58. The van der Waals surface area contributed by atoms with Crippen LogP contribution in [0.3, 0.4) is 0 Å². The van der Waals surface area contributed by atoms with E-state index in [1.165, 1.54) is 7.85 Å². The maximum Gasteiger partial charge on any atom is 0.246 e. The van der Waals surface area contributed by atoms with Gasteiger partial charge in [0, 0.05) is 6.54 Å². The quantitative estimate of drug-likeness (QED) is 0.553. The molecule has 80 valence electrons. The van der Waals surface area contributed by atoms with E-state index in [1.54, 1.807) is 0 Å². The molecular weight excluding hydrogens is 181 g/mol. The molecule has 14 heavy (non-hydrogen) atoms. The first-order valence-electron chi connectivity index (χ1n) is 4.86. The average molecular weight is 199 g/mol. The van der Waals surface area contributed by atoms with Gasteiger partial charge in [0.25, 0.3) is 0 Å². The van der Waals surface area contributed by atoms with Crippen molar-refractivity contribution in [3.8, 4) is 0 Å². The van der Waals surface area contributed by atoms with Crippen molar-refractivity contribution < 1.29 is 14.3 Å². The van der Waals surface area contributed by atoms with Crippen molar-refractivity contribution in [1.29, 1.82) is 0 Å². The van der Waals surface area contributed by atoms with E-state index in [-0.39, 0.29) is 24.8 Å². The van der Waals surface area contributed by atoms with Crippen molar-refractivity contribution in [3.63, 3.8) is 0 Å². The van der Waals surface area contributed by atoms with Crippen LogP contribution < -0.4 is 5.32 Å². The molecule has 1 N–H and O–H groups in total. The first kappa shape index (κ1) is 13.2. The summed E-state index contributed by atoms with van der Waals surface area (Å²) >= 11 is 0. The highest BCUT2D eigenvalue weighted by atomic mass is 16.5. The first-order valence-corrected chi connectivity index (χ1v) is 4.86. The van der Waals surface area contributed by atoms with Gasteiger partial charge in [-0.2, -0.15) is 0 Å². The van der Waals surface area contributed by atoms with Crippen LogP contribution in [-0.4, -0.2) is 39.2 Å². The van der Waals surface area contributed by atoms with Crippen LogP contribution >= 0.6 is 0 Å². The average Bonchev–Trinajstić information content (AvgIpc) is 2.02. The van der Waals surface area contributed by atoms with E-state index in [9.17, 15) is 9.59 Å². The lowest BCUT2D eigenvalue weighted by molar-refractivity contribution is -0.127. The summed E-state index contributed by atoms with van der Waals surface area (Å²) in [4.78, 5) is 21.5. The highest BCUT2D eigenvalue weighted by Gasteiger charge is 2.02. The molecule has 0 unspecified atom stereocenters. The van der Waals surface area contributed by atoms with Crippen LogP contribution in [0.15, 0.2) is 0 Å². The third kappa shape index (κ3) is 9.25. The van der Waals surface area contributed by atoms with Gasteiger partial charge in [0.15, 0.2) is 7.85 Å². The summed E-state index contributed by atoms with van der Waals surface area (Å²) in [6.07, 6.45) is 0.957. The van der Waals surface area contributed by atoms with Crippen LogP contribution in [0, 0.1) is 5.92 Å². The first-order chi connectivity index (χ1) is 6.52. The molecule has 0 aliphatic heterocycles. The molecule has 0 aliphatic carbocycles. The number of ether oxygens (including phenoxy) is 1. The smallest absolute Gasteiger partial charge is 0.246 e. The molecule has 0 fully saturated rings. The van der Waals surface area contributed by atoms with Gasteiger partial charge in [-0.05, 0) is 12.3 Å². The number of amides is 1. The van der Waals surface area contributed by atoms with E-state index < -0.39 is 0 Å². The van der Waals surface area contributed by atoms with Gasteiger partial charge < -0.3 is 14.8 Å². The standard InChI is InChI=1S/C9H18BNO3/c1-7(2)3-4-11-9(13)6-14-5-8(10)12/h7H,3-6,10H2,1-2H3,(H,11,13). The minimum absolute atomic E-state index is 0.0115. The second kappa shape index (κ2) is 7.56. The van der Waals surface area contributed by atoms with Gasteiger partial charge in [-0.1, -0.05) is 13.8 Å². The number of carbonyl (C=O) groups excluding carboxylic acids is 2. The molecule has 0 heterocycles. The maximum atomic E-state index is 11.1. The van der Waals surface area contributed by atoms with Crippen LogP contribution in [0.4, 0.5) is 0 Å². The molecular formula is C9H18BNO3. The molecule has 0 bridgehead atoms. The molecule has 0 radical (unpaired) electrons. The molecule has 5 heteroatoms. The van der Waals surface area contributed by atoms with Gasteiger partial charge >= 0.3 is 0 Å². The third-order valence-corrected chi connectivity index (χ3v) is 1.58. The van der Waals surface area contributed by atoms with Gasteiger partial charge in [-0.15, -0.1) is 0 Å². The fraction of sp³-hybridized carbons (Fsp3) is 0.778. The molecule has 0 saturated heterocycles. The van der Waals surface area contributed by atoms with Crippen molar-refractivity contribution in [1.82, 2.24) is 5.32 Å². The summed E-state index contributed by atoms with van der Waals surface area (Å²) in [7, 11) is 1.43. The number of hydrogen-bond acceptors (Lipinski definition) is 3. The zero-order valence-corrected chi connectivity index (χ0v) is 9.13. The summed E-state index contributed by atoms with van der Waals surface area (Å²) in [5.74, 6) is 0.417. The zero-order valence-electron chi connectivity index (χ0n) is 9.13. The molecule has 0 aromatic rings. The Hall–Kier alpha value is -0.835. The van der Waals surface area contributed by atoms with Gasteiger partial charge in [-0.25, -0.2) is 0 Å². The lowest BCUT2D eigenvalue weighted by Gasteiger charge is -2.06. The summed E-state index contributed by atoms with van der Waals surface area (Å²) in [5.41, 5.74) is -0.0695. The van der Waals surface area contributed by atoms with Crippen LogP contribution in [-0.2, 0) is 14.3 Å². The zero-order chi connectivity index (χ0) is 11.0. The molecule has 1 amide bonds. The highest BCUT2D eigenvalue weighted by molar-refractivity contribution is 6.58. The van der Waals surface area contributed by atoms with Gasteiger partial charge in [0.1, 0.15) is 12.3 Å². The monoisotopic (exact) mass is 199 g/mol. The maximum absolute atomic E-state index is 11.1. The van der Waals surface area contributed by atoms with E-state index in [4.69, 9.17) is 4.74 Å². The number of rotatable bonds is 7. The molecule has 0 aromatic carbocycles. The molecule has 0 rings (SSSR count). The molecule has 0 saturated carbocycles. The second-order valence-electron chi connectivity index (χ2n) is 3.73. The summed E-state index contributed by atoms with van der Waals surface area (Å²) in [6, 6.07) is 0. The Morgan fingerprint density at radius 1 is 1.36 bits per heavy atom. The normalized spacial score (nSPS) is 10.2. The topological polar surface area (TPSA) is 55.4 Å². The Morgan fingerprint density at radius 2 is 2.00 bits per heavy atom. The Bertz CT molecular complexity index is 194. The number of nitrogens with one attached hydrogen (secondary N) is 1. The van der Waals surface area contributed by atoms with Crippen molar-refractivity contribution >= 4 is 19.4 Å². The second-order valence-corrected chi connectivity index (χ2v) is 3.73. The van der Waals surface area contributed by atoms with Gasteiger partial charge in [0.2, 0.25) is 5.91 Å². The summed E-state index contributed by atoms with van der Waals surface area (Å²) in [5, 5.41) is 2.71. The van der Waals surface area contributed by atoms with Crippen molar-refractivity contribution in [3.05, 3.63) is 0 Å². The predicted molar refractivity (Wildman–Crippen MR) is 56.8 cm³/mol. The summed E-state index contributed by atoms with van der Waals surface area (Å²) in [6.45, 7) is 4.84. The fourth-order valence-electron chi connectivity index (χ4n) is 0.839. The number of hydrogen-bond donors (Lipinski definition) is 1. The Morgan fingerprint density at radius 3 is 2.50 bits per heavy atom. The lowest BCUT2D eigenvalue weighted by Crippen LogP contribution is -2.30. The van der Waals surface area contributed by atoms with Crippen LogP contribution in [0.25, 0.3) is 0 Å². The lowest BCUT2D eigenvalue weighted by atomic mass is 10.1. The van der Waals surface area contributed by atoms with Crippen LogP contribution in [0.1, 0.15) is 20.3 Å². The Kier molecular flexibility index (Phi) is 7.11. The molecule has 0 aliphatic rings.